The van der Waals surface area contributed by atoms with Crippen molar-refractivity contribution in [2.24, 2.45) is 0 Å². The number of piperazine rings is 1. The van der Waals surface area contributed by atoms with Crippen molar-refractivity contribution >= 4 is 28.4 Å². The molecule has 0 unspecified atom stereocenters. The molecule has 1 aromatic rings. The summed E-state index contributed by atoms with van der Waals surface area (Å²) in [5.74, 6) is -0.0150. The van der Waals surface area contributed by atoms with Crippen LogP contribution in [0, 0.1) is 0 Å². The highest BCUT2D eigenvalue weighted by Gasteiger charge is 2.52. The minimum absolute atomic E-state index is 0.00149. The summed E-state index contributed by atoms with van der Waals surface area (Å²) in [7, 11) is -4.39. The minimum atomic E-state index is -3.71. The van der Waals surface area contributed by atoms with Gasteiger partial charge in [0.25, 0.3) is 0 Å². The highest BCUT2D eigenvalue weighted by atomic mass is 32.2. The molecule has 25 heavy (non-hydrogen) atoms. The molecule has 2 aliphatic rings. The number of hydrogen-bond acceptors (Lipinski definition) is 7. The summed E-state index contributed by atoms with van der Waals surface area (Å²) in [6.45, 7) is 9.80. The molecule has 3 rings (SSSR count). The van der Waals surface area contributed by atoms with Crippen molar-refractivity contribution in [2.45, 2.75) is 43.8 Å². The zero-order chi connectivity index (χ0) is 18.5. The second-order valence-electron chi connectivity index (χ2n) is 7.39. The second-order valence-corrected chi connectivity index (χ2v) is 9.30. The Kier molecular flexibility index (Phi) is 4.61. The lowest BCUT2D eigenvalue weighted by Gasteiger charge is -2.32. The van der Waals surface area contributed by atoms with E-state index in [1.807, 2.05) is 27.7 Å². The van der Waals surface area contributed by atoms with Crippen LogP contribution in [0.2, 0.25) is 0 Å². The molecule has 0 bridgehead atoms. The van der Waals surface area contributed by atoms with Crippen molar-refractivity contribution in [1.29, 1.82) is 0 Å². The number of nitrogen functional groups attached to an aromatic ring is 1. The third kappa shape index (κ3) is 3.29. The monoisotopic (exact) mass is 368 g/mol. The van der Waals surface area contributed by atoms with Gasteiger partial charge in [0.1, 0.15) is 10.7 Å². The maximum Gasteiger partial charge on any atom is 0.496 e. The van der Waals surface area contributed by atoms with Gasteiger partial charge in [0.2, 0.25) is 10.0 Å². The van der Waals surface area contributed by atoms with Gasteiger partial charge in [-0.1, -0.05) is 0 Å². The van der Waals surface area contributed by atoms with Crippen LogP contribution in [0.5, 0.6) is 0 Å². The van der Waals surface area contributed by atoms with Crippen molar-refractivity contribution in [3.63, 3.8) is 0 Å². The fourth-order valence-electron chi connectivity index (χ4n) is 2.81. The van der Waals surface area contributed by atoms with Crippen molar-refractivity contribution in [3.05, 3.63) is 12.3 Å². The molecule has 3 heterocycles. The van der Waals surface area contributed by atoms with Crippen LogP contribution in [0.1, 0.15) is 27.7 Å². The maximum atomic E-state index is 12.9. The van der Waals surface area contributed by atoms with Crippen LogP contribution >= 0.6 is 0 Å². The fourth-order valence-corrected chi connectivity index (χ4v) is 4.35. The van der Waals surface area contributed by atoms with E-state index in [4.69, 9.17) is 15.0 Å². The first-order chi connectivity index (χ1) is 11.5. The molecule has 0 atom stereocenters. The highest BCUT2D eigenvalue weighted by Crippen LogP contribution is 2.36. The van der Waals surface area contributed by atoms with E-state index in [9.17, 15) is 8.42 Å². The smallest absolute Gasteiger partial charge is 0.399 e. The zero-order valence-electron chi connectivity index (χ0n) is 15.1. The van der Waals surface area contributed by atoms with Gasteiger partial charge in [0.15, 0.2) is 0 Å². The molecule has 0 spiro atoms. The molecule has 1 aromatic heterocycles. The third-order valence-electron chi connectivity index (χ3n) is 5.12. The molecule has 0 aliphatic carbocycles. The average Bonchev–Trinajstić information content (AvgIpc) is 2.76. The third-order valence-corrected chi connectivity index (χ3v) is 7.05. The van der Waals surface area contributed by atoms with Crippen LogP contribution in [-0.4, -0.2) is 62.2 Å². The molecule has 10 heteroatoms. The maximum absolute atomic E-state index is 12.9. The van der Waals surface area contributed by atoms with Gasteiger partial charge in [-0.15, -0.1) is 0 Å². The predicted molar refractivity (Wildman–Crippen MR) is 96.0 cm³/mol. The lowest BCUT2D eigenvalue weighted by Crippen LogP contribution is -2.46. The number of nitrogens with zero attached hydrogens (tertiary/aromatic N) is 2. The summed E-state index contributed by atoms with van der Waals surface area (Å²) in [5, 5.41) is 3.13. The highest BCUT2D eigenvalue weighted by molar-refractivity contribution is 7.89. The molecule has 3 N–H and O–H groups in total. The molecule has 2 saturated heterocycles. The molecule has 0 amide bonds. The number of pyridine rings is 1. The molecular formula is C15H25BN4O4S. The SMILES string of the molecule is CC1(C)OB(c2cnc(N)c(S(=O)(=O)N3CCNCC3)c2)OC1(C)C. The number of nitrogens with one attached hydrogen (secondary N) is 1. The van der Waals surface area contributed by atoms with Crippen molar-refractivity contribution in [1.82, 2.24) is 14.6 Å². The van der Waals surface area contributed by atoms with Crippen LogP contribution in [0.25, 0.3) is 0 Å². The Morgan fingerprint density at radius 2 is 1.76 bits per heavy atom. The number of rotatable bonds is 3. The van der Waals surface area contributed by atoms with E-state index >= 15 is 0 Å². The van der Waals surface area contributed by atoms with Gasteiger partial charge in [0, 0.05) is 37.8 Å². The van der Waals surface area contributed by atoms with E-state index in [0.29, 0.717) is 31.6 Å². The largest absolute Gasteiger partial charge is 0.496 e. The number of sulfonamides is 1. The first kappa shape index (κ1) is 18.6. The minimum Gasteiger partial charge on any atom is -0.399 e. The summed E-state index contributed by atoms with van der Waals surface area (Å²) < 4.78 is 39.2. The zero-order valence-corrected chi connectivity index (χ0v) is 15.9. The van der Waals surface area contributed by atoms with Gasteiger partial charge >= 0.3 is 7.12 Å². The van der Waals surface area contributed by atoms with Crippen LogP contribution in [-0.2, 0) is 19.3 Å². The van der Waals surface area contributed by atoms with E-state index in [2.05, 4.69) is 10.3 Å². The normalized spacial score (nSPS) is 23.8. The summed E-state index contributed by atoms with van der Waals surface area (Å²) >= 11 is 0. The second kappa shape index (κ2) is 6.20. The molecule has 0 radical (unpaired) electrons. The number of nitrogens with two attached hydrogens (primary N) is 1. The number of hydrogen-bond donors (Lipinski definition) is 2. The van der Waals surface area contributed by atoms with Crippen molar-refractivity contribution in [2.75, 3.05) is 31.9 Å². The molecular weight excluding hydrogens is 343 g/mol. The van der Waals surface area contributed by atoms with Crippen LogP contribution in [0.15, 0.2) is 17.2 Å². The van der Waals surface area contributed by atoms with E-state index in [-0.39, 0.29) is 10.7 Å². The summed E-state index contributed by atoms with van der Waals surface area (Å²) in [6.07, 6.45) is 1.51. The Balaban J connectivity index is 1.94. The van der Waals surface area contributed by atoms with Crippen LogP contribution in [0.3, 0.4) is 0 Å². The van der Waals surface area contributed by atoms with Crippen molar-refractivity contribution in [3.8, 4) is 0 Å². The first-order valence-corrected chi connectivity index (χ1v) is 9.80. The topological polar surface area (TPSA) is 107 Å². The van der Waals surface area contributed by atoms with Gasteiger partial charge in [-0.2, -0.15) is 4.31 Å². The van der Waals surface area contributed by atoms with E-state index < -0.39 is 28.3 Å². The summed E-state index contributed by atoms with van der Waals surface area (Å²) in [4.78, 5) is 4.08. The molecule has 2 aliphatic heterocycles. The van der Waals surface area contributed by atoms with Crippen LogP contribution in [0.4, 0.5) is 5.82 Å². The van der Waals surface area contributed by atoms with Gasteiger partial charge < -0.3 is 20.4 Å². The Morgan fingerprint density at radius 1 is 1.20 bits per heavy atom. The summed E-state index contributed by atoms with van der Waals surface area (Å²) in [6, 6.07) is 1.52. The Morgan fingerprint density at radius 3 is 2.32 bits per heavy atom. The molecule has 2 fully saturated rings. The van der Waals surface area contributed by atoms with E-state index in [1.165, 1.54) is 16.6 Å². The van der Waals surface area contributed by atoms with E-state index in [0.717, 1.165) is 0 Å². The Labute approximate surface area is 149 Å². The molecule has 138 valence electrons. The number of anilines is 1. The molecule has 0 saturated carbocycles. The van der Waals surface area contributed by atoms with Crippen LogP contribution < -0.4 is 16.5 Å². The average molecular weight is 368 g/mol. The quantitative estimate of drug-likeness (QED) is 0.697. The van der Waals surface area contributed by atoms with Gasteiger partial charge in [-0.25, -0.2) is 13.4 Å². The van der Waals surface area contributed by atoms with E-state index in [1.54, 1.807) is 0 Å². The van der Waals surface area contributed by atoms with Gasteiger partial charge in [-0.05, 0) is 33.8 Å². The standard InChI is InChI=1S/C15H25BN4O4S/c1-14(2)15(3,4)24-16(23-14)11-9-12(13(17)19-10-11)25(21,22)20-7-5-18-6-8-20/h9-10,18H,5-8H2,1-4H3,(H2,17,19). The fraction of sp³-hybridized carbons (Fsp3) is 0.667. The molecule has 0 aromatic carbocycles. The lowest BCUT2D eigenvalue weighted by atomic mass is 9.80. The summed E-state index contributed by atoms with van der Waals surface area (Å²) in [5.41, 5.74) is 5.38. The van der Waals surface area contributed by atoms with Gasteiger partial charge in [-0.3, -0.25) is 0 Å². The predicted octanol–water partition coefficient (Wildman–Crippen LogP) is -0.443. The van der Waals surface area contributed by atoms with Crippen molar-refractivity contribution < 1.29 is 17.7 Å². The van der Waals surface area contributed by atoms with Gasteiger partial charge in [0.05, 0.1) is 11.2 Å². The Hall–Kier alpha value is -1.20. The molecule has 8 nitrogen and oxygen atoms in total. The number of aromatic nitrogens is 1. The Bertz CT molecular complexity index is 747. The lowest BCUT2D eigenvalue weighted by molar-refractivity contribution is 0.00578. The first-order valence-electron chi connectivity index (χ1n) is 8.36.